The summed E-state index contributed by atoms with van der Waals surface area (Å²) in [6.07, 6.45) is 12.4. The van der Waals surface area contributed by atoms with E-state index in [1.54, 1.807) is 12.5 Å². The van der Waals surface area contributed by atoms with E-state index >= 15 is 0 Å². The van der Waals surface area contributed by atoms with E-state index in [9.17, 15) is 0 Å². The second-order valence-electron chi connectivity index (χ2n) is 6.13. The van der Waals surface area contributed by atoms with Gasteiger partial charge < -0.3 is 9.47 Å². The van der Waals surface area contributed by atoms with Gasteiger partial charge >= 0.3 is 0 Å². The third-order valence-electron chi connectivity index (χ3n) is 4.56. The maximum absolute atomic E-state index is 5.82. The van der Waals surface area contributed by atoms with Crippen molar-refractivity contribution >= 4 is 0 Å². The van der Waals surface area contributed by atoms with Crippen molar-refractivity contribution in [3.63, 3.8) is 0 Å². The summed E-state index contributed by atoms with van der Waals surface area (Å²) in [4.78, 5) is 0. The standard InChI is InChI=1S/C20H28O2/c1-3-14-21-16-20(17-22-15-4-2)13-9-8-12-19(20)18-10-6-5-7-11-18/h3-7,10-11,14-15,19H,8-9,12-13,16-17H2,1-2H3. The predicted molar refractivity (Wildman–Crippen MR) is 91.6 cm³/mol. The van der Waals surface area contributed by atoms with Gasteiger partial charge in [-0.2, -0.15) is 0 Å². The van der Waals surface area contributed by atoms with Crippen LogP contribution in [0.1, 0.15) is 51.0 Å². The smallest absolute Gasteiger partial charge is 0.0967 e. The molecule has 1 unspecified atom stereocenters. The largest absolute Gasteiger partial charge is 0.501 e. The minimum atomic E-state index is 0.0542. The highest BCUT2D eigenvalue weighted by Crippen LogP contribution is 2.48. The fourth-order valence-corrected chi connectivity index (χ4v) is 3.52. The van der Waals surface area contributed by atoms with Crippen molar-refractivity contribution in [3.8, 4) is 0 Å². The van der Waals surface area contributed by atoms with Crippen molar-refractivity contribution in [2.75, 3.05) is 13.2 Å². The Morgan fingerprint density at radius 3 is 2.23 bits per heavy atom. The highest BCUT2D eigenvalue weighted by atomic mass is 16.5. The molecule has 0 heterocycles. The van der Waals surface area contributed by atoms with E-state index in [0.717, 1.165) is 6.42 Å². The van der Waals surface area contributed by atoms with Gasteiger partial charge in [0.05, 0.1) is 25.7 Å². The molecule has 1 aromatic rings. The molecule has 0 spiro atoms. The molecule has 1 atom stereocenters. The predicted octanol–water partition coefficient (Wildman–Crippen LogP) is 5.43. The molecule has 0 amide bonds. The minimum Gasteiger partial charge on any atom is -0.501 e. The maximum Gasteiger partial charge on any atom is 0.0967 e. The van der Waals surface area contributed by atoms with Gasteiger partial charge in [-0.25, -0.2) is 0 Å². The van der Waals surface area contributed by atoms with Gasteiger partial charge in [0.15, 0.2) is 0 Å². The van der Waals surface area contributed by atoms with E-state index in [-0.39, 0.29) is 5.41 Å². The molecule has 1 aliphatic rings. The summed E-state index contributed by atoms with van der Waals surface area (Å²) < 4.78 is 11.6. The number of benzene rings is 1. The highest BCUT2D eigenvalue weighted by Gasteiger charge is 2.42. The van der Waals surface area contributed by atoms with Gasteiger partial charge in [-0.15, -0.1) is 0 Å². The van der Waals surface area contributed by atoms with Crippen LogP contribution in [0.25, 0.3) is 0 Å². The van der Waals surface area contributed by atoms with E-state index in [1.807, 2.05) is 26.0 Å². The van der Waals surface area contributed by atoms with Crippen LogP contribution in [-0.4, -0.2) is 13.2 Å². The van der Waals surface area contributed by atoms with Gasteiger partial charge in [0.1, 0.15) is 0 Å². The second-order valence-corrected chi connectivity index (χ2v) is 6.13. The zero-order chi connectivity index (χ0) is 15.7. The number of hydrogen-bond donors (Lipinski definition) is 0. The van der Waals surface area contributed by atoms with E-state index in [0.29, 0.717) is 19.1 Å². The summed E-state index contributed by atoms with van der Waals surface area (Å²) >= 11 is 0. The molecule has 120 valence electrons. The van der Waals surface area contributed by atoms with Crippen molar-refractivity contribution < 1.29 is 9.47 Å². The van der Waals surface area contributed by atoms with Crippen LogP contribution in [0, 0.1) is 5.41 Å². The summed E-state index contributed by atoms with van der Waals surface area (Å²) in [5.74, 6) is 0.498. The average Bonchev–Trinajstić information content (AvgIpc) is 2.57. The fourth-order valence-electron chi connectivity index (χ4n) is 3.52. The third-order valence-corrected chi connectivity index (χ3v) is 4.56. The van der Waals surface area contributed by atoms with Crippen LogP contribution >= 0.6 is 0 Å². The Bertz CT molecular complexity index is 460. The molecule has 0 aromatic heterocycles. The molecule has 0 N–H and O–H groups in total. The highest BCUT2D eigenvalue weighted by molar-refractivity contribution is 5.23. The normalized spacial score (nSPS) is 25.6. The van der Waals surface area contributed by atoms with Gasteiger partial charge in [-0.1, -0.05) is 55.3 Å². The summed E-state index contributed by atoms with van der Waals surface area (Å²) in [6, 6.07) is 10.8. The molecular formula is C20H28O2. The van der Waals surface area contributed by atoms with Crippen LogP contribution in [0.3, 0.4) is 0 Å². The molecule has 1 saturated carbocycles. The lowest BCUT2D eigenvalue weighted by Gasteiger charge is -2.43. The summed E-state index contributed by atoms with van der Waals surface area (Å²) in [7, 11) is 0. The molecule has 0 aliphatic heterocycles. The van der Waals surface area contributed by atoms with Crippen LogP contribution in [0.5, 0.6) is 0 Å². The van der Waals surface area contributed by atoms with Gasteiger partial charge in [-0.3, -0.25) is 0 Å². The van der Waals surface area contributed by atoms with Crippen molar-refractivity contribution in [1.29, 1.82) is 0 Å². The average molecular weight is 300 g/mol. The van der Waals surface area contributed by atoms with Crippen molar-refractivity contribution in [2.45, 2.75) is 45.4 Å². The van der Waals surface area contributed by atoms with Gasteiger partial charge in [0.2, 0.25) is 0 Å². The Morgan fingerprint density at radius 1 is 1.00 bits per heavy atom. The van der Waals surface area contributed by atoms with Crippen LogP contribution < -0.4 is 0 Å². The van der Waals surface area contributed by atoms with Crippen LogP contribution in [0.2, 0.25) is 0 Å². The Balaban J connectivity index is 2.23. The van der Waals surface area contributed by atoms with E-state index in [2.05, 4.69) is 30.3 Å². The molecule has 0 saturated heterocycles. The monoisotopic (exact) mass is 300 g/mol. The van der Waals surface area contributed by atoms with Crippen LogP contribution in [0.4, 0.5) is 0 Å². The molecule has 2 nitrogen and oxygen atoms in total. The van der Waals surface area contributed by atoms with Crippen molar-refractivity contribution in [3.05, 3.63) is 60.6 Å². The number of ether oxygens (including phenoxy) is 2. The summed E-state index contributed by atoms with van der Waals surface area (Å²) in [5, 5.41) is 0. The maximum atomic E-state index is 5.82. The molecular weight excluding hydrogens is 272 g/mol. The first-order valence-electron chi connectivity index (χ1n) is 8.33. The minimum absolute atomic E-state index is 0.0542. The Labute approximate surface area is 134 Å². The lowest BCUT2D eigenvalue weighted by atomic mass is 9.64. The number of allylic oxidation sites excluding steroid dienone is 2. The first-order valence-corrected chi connectivity index (χ1v) is 8.33. The zero-order valence-corrected chi connectivity index (χ0v) is 13.8. The molecule has 2 heteroatoms. The molecule has 1 fully saturated rings. The zero-order valence-electron chi connectivity index (χ0n) is 13.8. The summed E-state index contributed by atoms with van der Waals surface area (Å²) in [6.45, 7) is 5.40. The number of rotatable bonds is 7. The lowest BCUT2D eigenvalue weighted by molar-refractivity contribution is -0.00713. The van der Waals surface area contributed by atoms with Crippen molar-refractivity contribution in [1.82, 2.24) is 0 Å². The molecule has 2 rings (SSSR count). The van der Waals surface area contributed by atoms with E-state index in [1.165, 1.54) is 24.8 Å². The second kappa shape index (κ2) is 8.67. The molecule has 0 bridgehead atoms. The molecule has 0 radical (unpaired) electrons. The number of hydrogen-bond acceptors (Lipinski definition) is 2. The Morgan fingerprint density at radius 2 is 1.64 bits per heavy atom. The first-order chi connectivity index (χ1) is 10.8. The van der Waals surface area contributed by atoms with Crippen molar-refractivity contribution in [2.24, 2.45) is 5.41 Å². The first kappa shape index (κ1) is 16.7. The lowest BCUT2D eigenvalue weighted by Crippen LogP contribution is -2.40. The van der Waals surface area contributed by atoms with Gasteiger partial charge in [0, 0.05) is 5.41 Å². The third kappa shape index (κ3) is 4.16. The molecule has 1 aromatic carbocycles. The SMILES string of the molecule is CC=COCC1(COC=CC)CCCCC1c1ccccc1. The van der Waals surface area contributed by atoms with Gasteiger partial charge in [0.25, 0.3) is 0 Å². The molecule has 22 heavy (non-hydrogen) atoms. The quantitative estimate of drug-likeness (QED) is 0.625. The van der Waals surface area contributed by atoms with E-state index in [4.69, 9.17) is 9.47 Å². The van der Waals surface area contributed by atoms with Crippen LogP contribution in [0.15, 0.2) is 55.0 Å². The Kier molecular flexibility index (Phi) is 6.57. The Hall–Kier alpha value is -1.70. The fraction of sp³-hybridized carbons (Fsp3) is 0.500. The van der Waals surface area contributed by atoms with Crippen LogP contribution in [-0.2, 0) is 9.47 Å². The summed E-state index contributed by atoms with van der Waals surface area (Å²) in [5.41, 5.74) is 1.47. The molecule has 1 aliphatic carbocycles. The van der Waals surface area contributed by atoms with Gasteiger partial charge in [-0.05, 0) is 38.2 Å². The van der Waals surface area contributed by atoms with E-state index < -0.39 is 0 Å². The topological polar surface area (TPSA) is 18.5 Å².